The molecule has 5 heteroatoms. The Balaban J connectivity index is 2.12. The van der Waals surface area contributed by atoms with E-state index < -0.39 is 0 Å². The topological polar surface area (TPSA) is 48.4 Å². The van der Waals surface area contributed by atoms with Gasteiger partial charge < -0.3 is 0 Å². The predicted octanol–water partition coefficient (Wildman–Crippen LogP) is 2.08. The number of ether oxygens (including phenoxy) is 2. The van der Waals surface area contributed by atoms with Gasteiger partial charge in [0.25, 0.3) is 0 Å². The molecule has 0 aliphatic carbocycles. The van der Waals surface area contributed by atoms with Gasteiger partial charge in [0.1, 0.15) is 0 Å². The number of aromatic nitrogens is 1. The number of esters is 1. The summed E-state index contributed by atoms with van der Waals surface area (Å²) in [6.45, 7) is 2.12. The molecule has 1 aromatic heterocycles. The molecular weight excluding hydrogens is 369 g/mol. The number of rotatable bonds is 5. The van der Waals surface area contributed by atoms with Crippen molar-refractivity contribution in [2.45, 2.75) is 6.92 Å². The van der Waals surface area contributed by atoms with E-state index >= 15 is 0 Å². The third-order valence-electron chi connectivity index (χ3n) is 3.43. The molecule has 0 saturated carbocycles. The fourth-order valence-electron chi connectivity index (χ4n) is 2.31. The summed E-state index contributed by atoms with van der Waals surface area (Å²) in [7, 11) is 1.64. The molecule has 122 valence electrons. The van der Waals surface area contributed by atoms with E-state index in [4.69, 9.17) is 9.47 Å². The number of carbonyl (C=O) groups is 1. The van der Waals surface area contributed by atoms with Crippen molar-refractivity contribution in [3.05, 3.63) is 60.3 Å². The van der Waals surface area contributed by atoms with Gasteiger partial charge >= 0.3 is 147 Å². The summed E-state index contributed by atoms with van der Waals surface area (Å²) in [5.74, 6) is 0.388. The van der Waals surface area contributed by atoms with Crippen LogP contribution in [0.2, 0.25) is 0 Å². The van der Waals surface area contributed by atoms with Crippen molar-refractivity contribution >= 4 is 40.8 Å². The van der Waals surface area contributed by atoms with E-state index in [9.17, 15) is 4.79 Å². The molecule has 0 aliphatic rings. The number of pyridine rings is 1. The van der Waals surface area contributed by atoms with Gasteiger partial charge in [0.2, 0.25) is 0 Å². The summed E-state index contributed by atoms with van der Waals surface area (Å²) in [4.78, 5) is 16.6. The summed E-state index contributed by atoms with van der Waals surface area (Å²) < 4.78 is 12.8. The van der Waals surface area contributed by atoms with Crippen molar-refractivity contribution in [1.82, 2.24) is 4.98 Å². The van der Waals surface area contributed by atoms with E-state index in [-0.39, 0.29) is 20.9 Å². The molecule has 4 nitrogen and oxygen atoms in total. The molecule has 0 radical (unpaired) electrons. The first-order chi connectivity index (χ1) is 11.7. The zero-order valence-electron chi connectivity index (χ0n) is 13.5. The van der Waals surface area contributed by atoms with Crippen LogP contribution < -0.4 is 13.7 Å². The van der Waals surface area contributed by atoms with E-state index in [1.54, 1.807) is 14.0 Å². The molecule has 24 heavy (non-hydrogen) atoms. The monoisotopic (exact) mass is 387 g/mol. The number of hydrogen-bond donors (Lipinski definition) is 0. The summed E-state index contributed by atoms with van der Waals surface area (Å²) >= 11 is 0.0516. The third kappa shape index (κ3) is 3.58. The van der Waals surface area contributed by atoms with E-state index in [1.165, 1.54) is 4.46 Å². The van der Waals surface area contributed by atoms with Crippen molar-refractivity contribution in [1.29, 1.82) is 0 Å². The predicted molar refractivity (Wildman–Crippen MR) is 95.7 cm³/mol. The van der Waals surface area contributed by atoms with Crippen LogP contribution >= 0.6 is 0 Å². The van der Waals surface area contributed by atoms with Gasteiger partial charge in [0.05, 0.1) is 0 Å². The molecule has 0 spiro atoms. The molecule has 1 heterocycles. The second-order valence-corrected chi connectivity index (χ2v) is 7.36. The number of methoxy groups -OCH3 is 1. The Hall–Kier alpha value is -2.36. The van der Waals surface area contributed by atoms with Crippen LogP contribution in [-0.2, 0) is 4.74 Å². The minimum absolute atomic E-state index is 0.0516. The van der Waals surface area contributed by atoms with E-state index in [2.05, 4.69) is 17.1 Å². The molecule has 0 N–H and O–H groups in total. The van der Waals surface area contributed by atoms with Crippen molar-refractivity contribution in [3.63, 3.8) is 0 Å². The third-order valence-corrected chi connectivity index (χ3v) is 5.67. The standard InChI is InChI=1S/C19H17NO3Se/c1-3-23-19(21)17-12-18(24-14-7-5-4-6-8-14)15-11-13(22-2)9-10-16(15)20-17/h4-12H,3H2,1-2H3. The summed E-state index contributed by atoms with van der Waals surface area (Å²) in [6, 6.07) is 17.8. The van der Waals surface area contributed by atoms with Crippen LogP contribution in [0.1, 0.15) is 17.4 Å². The molecule has 0 atom stereocenters. The molecule has 0 aliphatic heterocycles. The van der Waals surface area contributed by atoms with Gasteiger partial charge in [-0.05, 0) is 0 Å². The number of benzene rings is 2. The molecule has 3 aromatic rings. The number of carbonyl (C=O) groups excluding carboxylic acids is 1. The summed E-state index contributed by atoms with van der Waals surface area (Å²) in [6.07, 6.45) is 0. The van der Waals surface area contributed by atoms with Crippen LogP contribution in [0, 0.1) is 0 Å². The Morgan fingerprint density at radius 1 is 1.12 bits per heavy atom. The van der Waals surface area contributed by atoms with E-state index in [1.807, 2.05) is 42.5 Å². The van der Waals surface area contributed by atoms with Crippen molar-refractivity contribution in [2.24, 2.45) is 0 Å². The molecule has 0 bridgehead atoms. The van der Waals surface area contributed by atoms with Gasteiger partial charge in [-0.15, -0.1) is 0 Å². The number of nitrogens with zero attached hydrogens (tertiary/aromatic N) is 1. The first-order valence-corrected chi connectivity index (χ1v) is 9.31. The average Bonchev–Trinajstić information content (AvgIpc) is 2.62. The van der Waals surface area contributed by atoms with Crippen LogP contribution in [0.5, 0.6) is 5.75 Å². The van der Waals surface area contributed by atoms with Gasteiger partial charge in [-0.3, -0.25) is 0 Å². The van der Waals surface area contributed by atoms with Gasteiger partial charge in [-0.25, -0.2) is 0 Å². The maximum absolute atomic E-state index is 12.1. The first-order valence-electron chi connectivity index (χ1n) is 7.60. The quantitative estimate of drug-likeness (QED) is 0.498. The van der Waals surface area contributed by atoms with Crippen LogP contribution in [0.25, 0.3) is 10.9 Å². The van der Waals surface area contributed by atoms with Crippen LogP contribution in [0.4, 0.5) is 0 Å². The normalized spacial score (nSPS) is 10.6. The van der Waals surface area contributed by atoms with Crippen molar-refractivity contribution < 1.29 is 14.3 Å². The Morgan fingerprint density at radius 3 is 2.62 bits per heavy atom. The second kappa shape index (κ2) is 7.47. The summed E-state index contributed by atoms with van der Waals surface area (Å²) in [5.41, 5.74) is 1.12. The van der Waals surface area contributed by atoms with E-state index in [0.717, 1.165) is 21.1 Å². The van der Waals surface area contributed by atoms with Gasteiger partial charge in [0, 0.05) is 0 Å². The fraction of sp³-hybridized carbons (Fsp3) is 0.158. The Kier molecular flexibility index (Phi) is 5.14. The molecule has 0 saturated heterocycles. The Morgan fingerprint density at radius 2 is 1.92 bits per heavy atom. The molecule has 0 fully saturated rings. The zero-order chi connectivity index (χ0) is 16.9. The Labute approximate surface area is 147 Å². The first kappa shape index (κ1) is 16.5. The van der Waals surface area contributed by atoms with Crippen LogP contribution in [0.3, 0.4) is 0 Å². The molecule has 3 rings (SSSR count). The van der Waals surface area contributed by atoms with Gasteiger partial charge in [-0.2, -0.15) is 0 Å². The molecule has 0 amide bonds. The SMILES string of the molecule is CCOC(=O)c1cc([Se]c2ccccc2)c2cc(OC)ccc2n1. The molecular formula is C19H17NO3Se. The molecule has 0 unspecified atom stereocenters. The second-order valence-electron chi connectivity index (χ2n) is 5.02. The van der Waals surface area contributed by atoms with Crippen LogP contribution in [-0.4, -0.2) is 39.6 Å². The fourth-order valence-corrected chi connectivity index (χ4v) is 4.39. The average molecular weight is 386 g/mol. The summed E-state index contributed by atoms with van der Waals surface area (Å²) in [5, 5.41) is 1.01. The minimum atomic E-state index is -0.389. The zero-order valence-corrected chi connectivity index (χ0v) is 15.2. The number of hydrogen-bond acceptors (Lipinski definition) is 4. The molecule has 2 aromatic carbocycles. The Bertz CT molecular complexity index is 865. The van der Waals surface area contributed by atoms with Crippen molar-refractivity contribution in [3.8, 4) is 5.75 Å². The maximum atomic E-state index is 12.1. The van der Waals surface area contributed by atoms with E-state index in [0.29, 0.717) is 12.3 Å². The van der Waals surface area contributed by atoms with Gasteiger partial charge in [-0.1, -0.05) is 0 Å². The van der Waals surface area contributed by atoms with Crippen LogP contribution in [0.15, 0.2) is 54.6 Å². The van der Waals surface area contributed by atoms with Crippen molar-refractivity contribution in [2.75, 3.05) is 13.7 Å². The number of fused-ring (bicyclic) bond motifs is 1. The van der Waals surface area contributed by atoms with Gasteiger partial charge in [0.15, 0.2) is 0 Å².